The van der Waals surface area contributed by atoms with E-state index in [1.807, 2.05) is 81.4 Å². The molecule has 0 saturated carbocycles. The van der Waals surface area contributed by atoms with Crippen molar-refractivity contribution >= 4 is 12.1 Å². The number of carbonyl (C=O) groups excluding carboxylic acids is 2. The third-order valence-corrected chi connectivity index (χ3v) is 5.20. The number of amides is 1. The highest BCUT2D eigenvalue weighted by molar-refractivity contribution is 5.84. The smallest absolute Gasteiger partial charge is 0.410 e. The highest BCUT2D eigenvalue weighted by atomic mass is 16.6. The fraction of sp³-hybridized carbons (Fsp3) is 0.417. The van der Waals surface area contributed by atoms with E-state index in [1.165, 1.54) is 0 Å². The Labute approximate surface area is 172 Å². The molecule has 1 saturated heterocycles. The van der Waals surface area contributed by atoms with Gasteiger partial charge in [-0.3, -0.25) is 4.79 Å². The summed E-state index contributed by atoms with van der Waals surface area (Å²) in [6.07, 6.45) is 0.671. The zero-order valence-electron chi connectivity index (χ0n) is 17.4. The van der Waals surface area contributed by atoms with Crippen LogP contribution in [0.1, 0.15) is 44.7 Å². The van der Waals surface area contributed by atoms with E-state index in [9.17, 15) is 9.59 Å². The lowest BCUT2D eigenvalue weighted by Crippen LogP contribution is -2.50. The van der Waals surface area contributed by atoms with Gasteiger partial charge in [-0.05, 0) is 44.7 Å². The number of esters is 1. The Hall–Kier alpha value is -2.82. The van der Waals surface area contributed by atoms with Gasteiger partial charge in [0.2, 0.25) is 0 Å². The SMILES string of the molecule is CC(C)(C)OC(=O)N1CCC(C(=O)OCc2ccccc2)(c2ccccc2)CC1. The number of benzene rings is 2. The van der Waals surface area contributed by atoms with E-state index in [4.69, 9.17) is 9.47 Å². The van der Waals surface area contributed by atoms with Crippen LogP contribution in [-0.2, 0) is 26.3 Å². The van der Waals surface area contributed by atoms with Gasteiger partial charge in [-0.1, -0.05) is 60.7 Å². The summed E-state index contributed by atoms with van der Waals surface area (Å²) in [6, 6.07) is 19.4. The van der Waals surface area contributed by atoms with Gasteiger partial charge in [0, 0.05) is 13.1 Å². The van der Waals surface area contributed by atoms with Crippen LogP contribution in [0.2, 0.25) is 0 Å². The van der Waals surface area contributed by atoms with Gasteiger partial charge in [0.05, 0.1) is 5.41 Å². The van der Waals surface area contributed by atoms with E-state index in [0.717, 1.165) is 11.1 Å². The van der Waals surface area contributed by atoms with Crippen LogP contribution in [0, 0.1) is 0 Å². The zero-order valence-corrected chi connectivity index (χ0v) is 17.4. The molecule has 1 heterocycles. The molecule has 1 amide bonds. The summed E-state index contributed by atoms with van der Waals surface area (Å²) < 4.78 is 11.2. The summed E-state index contributed by atoms with van der Waals surface area (Å²) in [6.45, 7) is 6.69. The molecule has 0 aliphatic carbocycles. The minimum absolute atomic E-state index is 0.239. The number of ether oxygens (including phenoxy) is 2. The first-order valence-electron chi connectivity index (χ1n) is 10.0. The van der Waals surface area contributed by atoms with Gasteiger partial charge in [-0.2, -0.15) is 0 Å². The van der Waals surface area contributed by atoms with Crippen molar-refractivity contribution in [3.63, 3.8) is 0 Å². The van der Waals surface area contributed by atoms with Crippen molar-refractivity contribution in [1.29, 1.82) is 0 Å². The Bertz CT molecular complexity index is 819. The van der Waals surface area contributed by atoms with Crippen LogP contribution in [0.5, 0.6) is 0 Å². The van der Waals surface area contributed by atoms with Gasteiger partial charge in [-0.25, -0.2) is 4.79 Å². The second-order valence-corrected chi connectivity index (χ2v) is 8.48. The number of nitrogens with zero attached hydrogens (tertiary/aromatic N) is 1. The molecule has 2 aromatic carbocycles. The lowest BCUT2D eigenvalue weighted by atomic mass is 9.73. The topological polar surface area (TPSA) is 55.8 Å². The predicted octanol–water partition coefficient (Wildman–Crippen LogP) is 4.70. The van der Waals surface area contributed by atoms with Crippen molar-refractivity contribution in [2.75, 3.05) is 13.1 Å². The van der Waals surface area contributed by atoms with Crippen LogP contribution in [0.15, 0.2) is 60.7 Å². The van der Waals surface area contributed by atoms with Crippen molar-refractivity contribution in [1.82, 2.24) is 4.90 Å². The maximum atomic E-state index is 13.2. The minimum Gasteiger partial charge on any atom is -0.460 e. The first kappa shape index (κ1) is 20.9. The van der Waals surface area contributed by atoms with Crippen LogP contribution in [0.3, 0.4) is 0 Å². The molecule has 0 aromatic heterocycles. The van der Waals surface area contributed by atoms with Crippen LogP contribution in [0.25, 0.3) is 0 Å². The van der Waals surface area contributed by atoms with Gasteiger partial charge in [0.25, 0.3) is 0 Å². The van der Waals surface area contributed by atoms with E-state index in [0.29, 0.717) is 25.9 Å². The minimum atomic E-state index is -0.755. The quantitative estimate of drug-likeness (QED) is 0.704. The number of hydrogen-bond donors (Lipinski definition) is 0. The standard InChI is InChI=1S/C24H29NO4/c1-23(2,3)29-22(27)25-16-14-24(15-17-25,20-12-8-5-9-13-20)21(26)28-18-19-10-6-4-7-11-19/h4-13H,14-18H2,1-3H3. The molecule has 1 aliphatic heterocycles. The van der Waals surface area contributed by atoms with Gasteiger partial charge in [0.1, 0.15) is 12.2 Å². The fourth-order valence-corrected chi connectivity index (χ4v) is 3.63. The van der Waals surface area contributed by atoms with E-state index >= 15 is 0 Å². The van der Waals surface area contributed by atoms with Crippen molar-refractivity contribution in [3.05, 3.63) is 71.8 Å². The normalized spacial score (nSPS) is 16.2. The van der Waals surface area contributed by atoms with Crippen molar-refractivity contribution < 1.29 is 19.1 Å². The maximum absolute atomic E-state index is 13.2. The average molecular weight is 395 g/mol. The third kappa shape index (κ3) is 5.17. The summed E-state index contributed by atoms with van der Waals surface area (Å²) in [5.41, 5.74) is 0.589. The number of piperidine rings is 1. The zero-order chi connectivity index (χ0) is 20.9. The Balaban J connectivity index is 1.74. The van der Waals surface area contributed by atoms with Crippen LogP contribution in [-0.4, -0.2) is 35.7 Å². The monoisotopic (exact) mass is 395 g/mol. The number of rotatable bonds is 4. The van der Waals surface area contributed by atoms with Crippen LogP contribution < -0.4 is 0 Å². The van der Waals surface area contributed by atoms with Gasteiger partial charge in [0.15, 0.2) is 0 Å². The summed E-state index contributed by atoms with van der Waals surface area (Å²) in [4.78, 5) is 27.3. The van der Waals surface area contributed by atoms with Gasteiger partial charge < -0.3 is 14.4 Å². The lowest BCUT2D eigenvalue weighted by Gasteiger charge is -2.40. The highest BCUT2D eigenvalue weighted by Crippen LogP contribution is 2.37. The summed E-state index contributed by atoms with van der Waals surface area (Å²) in [7, 11) is 0. The molecular formula is C24H29NO4. The van der Waals surface area contributed by atoms with Gasteiger partial charge in [-0.15, -0.1) is 0 Å². The summed E-state index contributed by atoms with van der Waals surface area (Å²) >= 11 is 0. The highest BCUT2D eigenvalue weighted by Gasteiger charge is 2.45. The van der Waals surface area contributed by atoms with Crippen LogP contribution >= 0.6 is 0 Å². The Kier molecular flexibility index (Phi) is 6.26. The summed E-state index contributed by atoms with van der Waals surface area (Å²) in [5.74, 6) is -0.239. The largest absolute Gasteiger partial charge is 0.460 e. The predicted molar refractivity (Wildman–Crippen MR) is 111 cm³/mol. The second kappa shape index (κ2) is 8.68. The average Bonchev–Trinajstić information content (AvgIpc) is 2.72. The first-order valence-corrected chi connectivity index (χ1v) is 10.0. The molecule has 5 nitrogen and oxygen atoms in total. The van der Waals surface area contributed by atoms with E-state index in [1.54, 1.807) is 4.90 Å². The molecule has 3 rings (SSSR count). The lowest BCUT2D eigenvalue weighted by molar-refractivity contribution is -0.154. The second-order valence-electron chi connectivity index (χ2n) is 8.48. The molecular weight excluding hydrogens is 366 g/mol. The number of likely N-dealkylation sites (tertiary alicyclic amines) is 1. The molecule has 1 fully saturated rings. The Morgan fingerprint density at radius 3 is 2.03 bits per heavy atom. The third-order valence-electron chi connectivity index (χ3n) is 5.20. The van der Waals surface area contributed by atoms with Crippen molar-refractivity contribution in [2.45, 2.75) is 51.2 Å². The fourth-order valence-electron chi connectivity index (χ4n) is 3.63. The first-order chi connectivity index (χ1) is 13.8. The van der Waals surface area contributed by atoms with E-state index in [-0.39, 0.29) is 18.7 Å². The molecule has 0 unspecified atom stereocenters. The van der Waals surface area contributed by atoms with Crippen molar-refractivity contribution in [3.8, 4) is 0 Å². The Morgan fingerprint density at radius 1 is 0.931 bits per heavy atom. The summed E-state index contributed by atoms with van der Waals surface area (Å²) in [5, 5.41) is 0. The molecule has 154 valence electrons. The number of carbonyl (C=O) groups is 2. The van der Waals surface area contributed by atoms with E-state index in [2.05, 4.69) is 0 Å². The Morgan fingerprint density at radius 2 is 1.48 bits per heavy atom. The molecule has 0 N–H and O–H groups in total. The molecule has 0 radical (unpaired) electrons. The molecule has 5 heteroatoms. The van der Waals surface area contributed by atoms with Gasteiger partial charge >= 0.3 is 12.1 Å². The molecule has 2 aromatic rings. The molecule has 29 heavy (non-hydrogen) atoms. The number of hydrogen-bond acceptors (Lipinski definition) is 4. The maximum Gasteiger partial charge on any atom is 0.410 e. The van der Waals surface area contributed by atoms with Crippen LogP contribution in [0.4, 0.5) is 4.79 Å². The van der Waals surface area contributed by atoms with Crippen molar-refractivity contribution in [2.24, 2.45) is 0 Å². The molecule has 0 spiro atoms. The molecule has 1 aliphatic rings. The molecule has 0 atom stereocenters. The molecule has 0 bridgehead atoms. The van der Waals surface area contributed by atoms with E-state index < -0.39 is 11.0 Å².